The topological polar surface area (TPSA) is 38.7 Å². The van der Waals surface area contributed by atoms with Crippen LogP contribution in [0.4, 0.5) is 0 Å². The molecule has 1 aromatic rings. The highest BCUT2D eigenvalue weighted by atomic mass is 32.2. The number of benzene rings is 1. The zero-order chi connectivity index (χ0) is 14.0. The second kappa shape index (κ2) is 5.37. The van der Waals surface area contributed by atoms with Gasteiger partial charge in [-0.2, -0.15) is 0 Å². The van der Waals surface area contributed by atoms with Gasteiger partial charge in [-0.25, -0.2) is 4.21 Å². The van der Waals surface area contributed by atoms with Crippen molar-refractivity contribution >= 4 is 16.8 Å². The maximum absolute atomic E-state index is 12.0. The summed E-state index contributed by atoms with van der Waals surface area (Å²) in [4.78, 5) is 0.634. The van der Waals surface area contributed by atoms with Crippen LogP contribution >= 0.6 is 0 Å². The molecule has 0 bridgehead atoms. The molecule has 3 rings (SSSR count). The van der Waals surface area contributed by atoms with E-state index < -0.39 is 11.1 Å². The number of fused-ring (bicyclic) bond motifs is 1. The lowest BCUT2D eigenvalue weighted by atomic mass is 9.78. The van der Waals surface area contributed by atoms with E-state index in [1.807, 2.05) is 18.2 Å². The van der Waals surface area contributed by atoms with Gasteiger partial charge in [0.1, 0.15) is 0 Å². The molecule has 2 atom stereocenters. The first kappa shape index (κ1) is 13.3. The lowest BCUT2D eigenvalue weighted by molar-refractivity contribution is 0.372. The molecule has 104 valence electrons. The van der Waals surface area contributed by atoms with Gasteiger partial charge in [-0.1, -0.05) is 48.5 Å². The van der Waals surface area contributed by atoms with Crippen molar-refractivity contribution in [2.45, 2.75) is 31.1 Å². The van der Waals surface area contributed by atoms with Gasteiger partial charge in [0.25, 0.3) is 11.1 Å². The van der Waals surface area contributed by atoms with Crippen LogP contribution in [0, 0.1) is 5.41 Å². The minimum atomic E-state index is -1.54. The van der Waals surface area contributed by atoms with Crippen LogP contribution in [0.15, 0.2) is 64.2 Å². The molecule has 0 spiro atoms. The Balaban J connectivity index is 1.76. The van der Waals surface area contributed by atoms with Gasteiger partial charge in [-0.15, -0.1) is 0 Å². The summed E-state index contributed by atoms with van der Waals surface area (Å²) in [5.74, 6) is 0. The Kier molecular flexibility index (Phi) is 3.57. The van der Waals surface area contributed by atoms with Crippen LogP contribution in [0.2, 0.25) is 0 Å². The Morgan fingerprint density at radius 3 is 2.90 bits per heavy atom. The molecule has 3 nitrogen and oxygen atoms in total. The second-order valence-electron chi connectivity index (χ2n) is 5.43. The van der Waals surface area contributed by atoms with Crippen molar-refractivity contribution in [3.05, 3.63) is 54.1 Å². The maximum atomic E-state index is 12.0. The Bertz CT molecular complexity index is 619. The highest BCUT2D eigenvalue weighted by Gasteiger charge is 2.38. The van der Waals surface area contributed by atoms with E-state index in [-0.39, 0.29) is 5.41 Å². The van der Waals surface area contributed by atoms with Crippen LogP contribution in [0.5, 0.6) is 0 Å². The van der Waals surface area contributed by atoms with E-state index in [0.717, 1.165) is 25.0 Å². The first-order valence-electron chi connectivity index (χ1n) is 6.78. The standard InChI is InChI=1S/C16H17NO2S/c1-16-11-6-5-9-14(16)15(10-12-16)17-19-20(18)13-7-3-2-4-8-13/h2-9H,10-12H2,1H3/b17-15+. The fraction of sp³-hybridized carbons (Fsp3) is 0.312. The molecule has 20 heavy (non-hydrogen) atoms. The lowest BCUT2D eigenvalue weighted by Crippen LogP contribution is -2.16. The van der Waals surface area contributed by atoms with Crippen LogP contribution in [-0.4, -0.2) is 9.92 Å². The van der Waals surface area contributed by atoms with Gasteiger partial charge in [0.05, 0.1) is 10.6 Å². The lowest BCUT2D eigenvalue weighted by Gasteiger charge is -2.25. The zero-order valence-corrected chi connectivity index (χ0v) is 12.2. The van der Waals surface area contributed by atoms with Crippen molar-refractivity contribution < 1.29 is 8.49 Å². The molecule has 2 unspecified atom stereocenters. The van der Waals surface area contributed by atoms with Crippen LogP contribution in [-0.2, 0) is 15.4 Å². The molecular formula is C16H17NO2S. The van der Waals surface area contributed by atoms with E-state index in [1.54, 1.807) is 12.1 Å². The Labute approximate surface area is 121 Å². The van der Waals surface area contributed by atoms with E-state index in [1.165, 1.54) is 5.57 Å². The van der Waals surface area contributed by atoms with E-state index >= 15 is 0 Å². The molecule has 0 aliphatic heterocycles. The predicted octanol–water partition coefficient (Wildman–Crippen LogP) is 3.77. The molecule has 0 radical (unpaired) electrons. The summed E-state index contributed by atoms with van der Waals surface area (Å²) in [5, 5.41) is 4.14. The Hall–Kier alpha value is -1.68. The average Bonchev–Trinajstić information content (AvgIpc) is 2.82. The quantitative estimate of drug-likeness (QED) is 0.794. The van der Waals surface area contributed by atoms with Crippen molar-refractivity contribution in [2.75, 3.05) is 0 Å². The number of allylic oxidation sites excluding steroid dienone is 4. The normalized spacial score (nSPS) is 28.1. The first-order chi connectivity index (χ1) is 9.69. The number of oxime groups is 1. The van der Waals surface area contributed by atoms with Gasteiger partial charge in [0.15, 0.2) is 0 Å². The second-order valence-corrected chi connectivity index (χ2v) is 6.52. The molecule has 0 aromatic heterocycles. The third-order valence-corrected chi connectivity index (χ3v) is 4.86. The van der Waals surface area contributed by atoms with Crippen LogP contribution < -0.4 is 0 Å². The third-order valence-electron chi connectivity index (χ3n) is 3.99. The molecule has 2 aliphatic rings. The summed E-state index contributed by atoms with van der Waals surface area (Å²) in [6, 6.07) is 9.11. The fourth-order valence-corrected chi connectivity index (χ4v) is 3.39. The van der Waals surface area contributed by atoms with Crippen molar-refractivity contribution in [3.63, 3.8) is 0 Å². The number of hydrogen-bond acceptors (Lipinski definition) is 3. The Morgan fingerprint density at radius 1 is 1.30 bits per heavy atom. The molecule has 1 saturated carbocycles. The molecule has 1 aromatic carbocycles. The molecule has 0 N–H and O–H groups in total. The number of hydrogen-bond donors (Lipinski definition) is 0. The van der Waals surface area contributed by atoms with Crippen LogP contribution in [0.1, 0.15) is 26.2 Å². The zero-order valence-electron chi connectivity index (χ0n) is 11.4. The molecule has 0 amide bonds. The summed E-state index contributed by atoms with van der Waals surface area (Å²) in [6.45, 7) is 2.25. The largest absolute Gasteiger partial charge is 0.287 e. The number of nitrogens with zero attached hydrogens (tertiary/aromatic N) is 1. The highest BCUT2D eigenvalue weighted by molar-refractivity contribution is 7.80. The summed E-state index contributed by atoms with van der Waals surface area (Å²) in [6.07, 6.45) is 9.35. The van der Waals surface area contributed by atoms with Gasteiger partial charge in [-0.3, -0.25) is 4.28 Å². The van der Waals surface area contributed by atoms with Crippen molar-refractivity contribution in [1.29, 1.82) is 0 Å². The molecule has 1 fully saturated rings. The Morgan fingerprint density at radius 2 is 2.10 bits per heavy atom. The summed E-state index contributed by atoms with van der Waals surface area (Å²) < 4.78 is 17.2. The smallest absolute Gasteiger partial charge is 0.265 e. The molecule has 0 saturated heterocycles. The van der Waals surface area contributed by atoms with E-state index in [4.69, 9.17) is 4.28 Å². The van der Waals surface area contributed by atoms with Crippen LogP contribution in [0.25, 0.3) is 0 Å². The van der Waals surface area contributed by atoms with Gasteiger partial charge in [0, 0.05) is 0 Å². The van der Waals surface area contributed by atoms with Crippen molar-refractivity contribution in [2.24, 2.45) is 10.6 Å². The van der Waals surface area contributed by atoms with Gasteiger partial charge in [-0.05, 0) is 42.4 Å². The molecule has 2 aliphatic carbocycles. The van der Waals surface area contributed by atoms with Gasteiger partial charge >= 0.3 is 0 Å². The highest BCUT2D eigenvalue weighted by Crippen LogP contribution is 2.45. The van der Waals surface area contributed by atoms with Crippen molar-refractivity contribution in [3.8, 4) is 0 Å². The van der Waals surface area contributed by atoms with E-state index in [0.29, 0.717) is 4.90 Å². The average molecular weight is 287 g/mol. The maximum Gasteiger partial charge on any atom is 0.265 e. The molecule has 0 heterocycles. The van der Waals surface area contributed by atoms with E-state index in [9.17, 15) is 4.21 Å². The van der Waals surface area contributed by atoms with Crippen LogP contribution in [0.3, 0.4) is 0 Å². The SMILES string of the molecule is CC12CC=CC=C1/C(=N/OS(=O)c1ccccc1)CC2. The van der Waals surface area contributed by atoms with Crippen molar-refractivity contribution in [1.82, 2.24) is 0 Å². The minimum Gasteiger partial charge on any atom is -0.287 e. The molecular weight excluding hydrogens is 270 g/mol. The minimum absolute atomic E-state index is 0.172. The first-order valence-corrected chi connectivity index (χ1v) is 7.85. The van der Waals surface area contributed by atoms with E-state index in [2.05, 4.69) is 30.3 Å². The monoisotopic (exact) mass is 287 g/mol. The third kappa shape index (κ3) is 2.48. The van der Waals surface area contributed by atoms with Gasteiger partial charge in [0.2, 0.25) is 0 Å². The molecule has 4 heteroatoms. The summed E-state index contributed by atoms with van der Waals surface area (Å²) in [5.41, 5.74) is 2.33. The summed E-state index contributed by atoms with van der Waals surface area (Å²) in [7, 11) is 0. The number of rotatable bonds is 3. The van der Waals surface area contributed by atoms with Gasteiger partial charge < -0.3 is 0 Å². The predicted molar refractivity (Wildman–Crippen MR) is 80.6 cm³/mol. The summed E-state index contributed by atoms with van der Waals surface area (Å²) >= 11 is -1.54. The fourth-order valence-electron chi connectivity index (χ4n) is 2.76.